The Morgan fingerprint density at radius 2 is 1.86 bits per heavy atom. The van der Waals surface area contributed by atoms with Crippen LogP contribution in [0.5, 0.6) is 0 Å². The van der Waals surface area contributed by atoms with Crippen molar-refractivity contribution in [2.45, 2.75) is 18.3 Å². The minimum atomic E-state index is -0.294. The molecule has 0 aromatic heterocycles. The Balaban J connectivity index is 2.35. The van der Waals surface area contributed by atoms with E-state index in [2.05, 4.69) is 28.6 Å². The van der Waals surface area contributed by atoms with E-state index in [4.69, 9.17) is 0 Å². The summed E-state index contributed by atoms with van der Waals surface area (Å²) in [6.07, 6.45) is 1.62. The second kappa shape index (κ2) is 3.25. The maximum absolute atomic E-state index is 9.17. The zero-order chi connectivity index (χ0) is 10.2. The van der Waals surface area contributed by atoms with E-state index >= 15 is 0 Å². The second-order valence-corrected chi connectivity index (χ2v) is 4.72. The maximum Gasteiger partial charge on any atom is 0.0896 e. The lowest BCUT2D eigenvalue weighted by atomic mass is 9.63. The number of hydrogen-bond acceptors (Lipinski definition) is 1. The SMILES string of the molecule is C=C1CC(C#N)(c2ccc(Br)cc2)C1. The van der Waals surface area contributed by atoms with E-state index in [1.54, 1.807) is 0 Å². The molecule has 1 aliphatic carbocycles. The van der Waals surface area contributed by atoms with Crippen LogP contribution in [0, 0.1) is 11.3 Å². The topological polar surface area (TPSA) is 23.8 Å². The van der Waals surface area contributed by atoms with E-state index in [-0.39, 0.29) is 5.41 Å². The van der Waals surface area contributed by atoms with Crippen molar-refractivity contribution in [3.05, 3.63) is 46.5 Å². The minimum absolute atomic E-state index is 0.294. The molecule has 0 bridgehead atoms. The smallest absolute Gasteiger partial charge is 0.0896 e. The van der Waals surface area contributed by atoms with E-state index < -0.39 is 0 Å². The van der Waals surface area contributed by atoms with Crippen molar-refractivity contribution < 1.29 is 0 Å². The van der Waals surface area contributed by atoms with Crippen molar-refractivity contribution in [2.75, 3.05) is 0 Å². The molecule has 0 N–H and O–H groups in total. The summed E-state index contributed by atoms with van der Waals surface area (Å²) in [5, 5.41) is 9.17. The Morgan fingerprint density at radius 3 is 2.29 bits per heavy atom. The molecule has 1 fully saturated rings. The van der Waals surface area contributed by atoms with E-state index in [9.17, 15) is 5.26 Å². The highest BCUT2D eigenvalue weighted by atomic mass is 79.9. The molecule has 0 unspecified atom stereocenters. The number of hydrogen-bond donors (Lipinski definition) is 0. The van der Waals surface area contributed by atoms with Crippen LogP contribution in [-0.2, 0) is 5.41 Å². The van der Waals surface area contributed by atoms with E-state index in [1.165, 1.54) is 5.57 Å². The van der Waals surface area contributed by atoms with Crippen LogP contribution in [0.3, 0.4) is 0 Å². The first-order chi connectivity index (χ1) is 6.66. The Hall–Kier alpha value is -1.07. The predicted octanol–water partition coefficient (Wildman–Crippen LogP) is 3.56. The van der Waals surface area contributed by atoms with E-state index in [0.29, 0.717) is 0 Å². The quantitative estimate of drug-likeness (QED) is 0.697. The number of halogens is 1. The molecule has 1 nitrogen and oxygen atoms in total. The summed E-state index contributed by atoms with van der Waals surface area (Å²) >= 11 is 3.39. The molecule has 0 aliphatic heterocycles. The van der Waals surface area contributed by atoms with Gasteiger partial charge in [-0.05, 0) is 30.5 Å². The summed E-state index contributed by atoms with van der Waals surface area (Å²) < 4.78 is 1.05. The fourth-order valence-corrected chi connectivity index (χ4v) is 2.18. The van der Waals surface area contributed by atoms with Gasteiger partial charge >= 0.3 is 0 Å². The third-order valence-electron chi connectivity index (χ3n) is 2.71. The predicted molar refractivity (Wildman–Crippen MR) is 59.8 cm³/mol. The Morgan fingerprint density at radius 1 is 1.29 bits per heavy atom. The Bertz CT molecular complexity index is 403. The summed E-state index contributed by atoms with van der Waals surface area (Å²) in [6, 6.07) is 10.4. The molecular weight excluding hydrogens is 238 g/mol. The highest BCUT2D eigenvalue weighted by Gasteiger charge is 2.41. The summed E-state index contributed by atoms with van der Waals surface area (Å²) in [6.45, 7) is 3.89. The Kier molecular flexibility index (Phi) is 2.20. The molecule has 0 saturated heterocycles. The molecule has 1 aromatic carbocycles. The summed E-state index contributed by atoms with van der Waals surface area (Å²) in [7, 11) is 0. The highest BCUT2D eigenvalue weighted by Crippen LogP contribution is 2.46. The van der Waals surface area contributed by atoms with Crippen molar-refractivity contribution >= 4 is 15.9 Å². The Labute approximate surface area is 92.2 Å². The van der Waals surface area contributed by atoms with Crippen molar-refractivity contribution in [2.24, 2.45) is 0 Å². The molecule has 0 heterocycles. The van der Waals surface area contributed by atoms with Gasteiger partial charge in [-0.1, -0.05) is 40.2 Å². The van der Waals surface area contributed by atoms with Crippen LogP contribution in [0.2, 0.25) is 0 Å². The zero-order valence-electron chi connectivity index (χ0n) is 7.76. The van der Waals surface area contributed by atoms with E-state index in [0.717, 1.165) is 22.9 Å². The molecule has 0 radical (unpaired) electrons. The van der Waals surface area contributed by atoms with Crippen LogP contribution >= 0.6 is 15.9 Å². The van der Waals surface area contributed by atoms with Gasteiger partial charge in [0.05, 0.1) is 11.5 Å². The number of allylic oxidation sites excluding steroid dienone is 1. The molecular formula is C12H10BrN. The van der Waals surface area contributed by atoms with Gasteiger partial charge in [0, 0.05) is 4.47 Å². The lowest BCUT2D eigenvalue weighted by Crippen LogP contribution is -2.33. The number of nitrogens with zero attached hydrogens (tertiary/aromatic N) is 1. The average molecular weight is 248 g/mol. The molecule has 70 valence electrons. The van der Waals surface area contributed by atoms with Crippen molar-refractivity contribution in [1.82, 2.24) is 0 Å². The largest absolute Gasteiger partial charge is 0.197 e. The first-order valence-corrected chi connectivity index (χ1v) is 5.29. The summed E-state index contributed by atoms with van der Waals surface area (Å²) in [5.74, 6) is 0. The monoisotopic (exact) mass is 247 g/mol. The van der Waals surface area contributed by atoms with Gasteiger partial charge in [-0.2, -0.15) is 5.26 Å². The molecule has 14 heavy (non-hydrogen) atoms. The molecule has 1 saturated carbocycles. The van der Waals surface area contributed by atoms with Crippen LogP contribution in [0.15, 0.2) is 40.9 Å². The van der Waals surface area contributed by atoms with Gasteiger partial charge in [-0.15, -0.1) is 0 Å². The number of rotatable bonds is 1. The third-order valence-corrected chi connectivity index (χ3v) is 3.24. The van der Waals surface area contributed by atoms with Gasteiger partial charge in [0.25, 0.3) is 0 Å². The van der Waals surface area contributed by atoms with Crippen molar-refractivity contribution in [1.29, 1.82) is 5.26 Å². The van der Waals surface area contributed by atoms with Crippen molar-refractivity contribution in [3.63, 3.8) is 0 Å². The fraction of sp³-hybridized carbons (Fsp3) is 0.250. The zero-order valence-corrected chi connectivity index (χ0v) is 9.34. The van der Waals surface area contributed by atoms with Crippen LogP contribution in [0.1, 0.15) is 18.4 Å². The van der Waals surface area contributed by atoms with Gasteiger partial charge in [0.15, 0.2) is 0 Å². The third kappa shape index (κ3) is 1.38. The lowest BCUT2D eigenvalue weighted by Gasteiger charge is -2.37. The van der Waals surface area contributed by atoms with Crippen LogP contribution in [0.4, 0.5) is 0 Å². The first kappa shape index (κ1) is 9.48. The fourth-order valence-electron chi connectivity index (χ4n) is 1.92. The first-order valence-electron chi connectivity index (χ1n) is 4.50. The maximum atomic E-state index is 9.17. The summed E-state index contributed by atoms with van der Waals surface area (Å²) in [5.41, 5.74) is 1.99. The number of benzene rings is 1. The summed E-state index contributed by atoms with van der Waals surface area (Å²) in [4.78, 5) is 0. The number of nitriles is 1. The van der Waals surface area contributed by atoms with Gasteiger partial charge in [-0.25, -0.2) is 0 Å². The highest BCUT2D eigenvalue weighted by molar-refractivity contribution is 9.10. The molecule has 1 aromatic rings. The second-order valence-electron chi connectivity index (χ2n) is 3.80. The molecule has 2 heteroatoms. The van der Waals surface area contributed by atoms with Crippen LogP contribution < -0.4 is 0 Å². The molecule has 0 spiro atoms. The normalized spacial score (nSPS) is 18.4. The van der Waals surface area contributed by atoms with E-state index in [1.807, 2.05) is 24.3 Å². The minimum Gasteiger partial charge on any atom is -0.197 e. The molecule has 0 amide bonds. The van der Waals surface area contributed by atoms with Gasteiger partial charge < -0.3 is 0 Å². The average Bonchev–Trinajstić information content (AvgIpc) is 2.14. The van der Waals surface area contributed by atoms with Crippen LogP contribution in [-0.4, -0.2) is 0 Å². The lowest BCUT2D eigenvalue weighted by molar-refractivity contribution is 0.433. The van der Waals surface area contributed by atoms with Gasteiger partial charge in [0.1, 0.15) is 0 Å². The van der Waals surface area contributed by atoms with Gasteiger partial charge in [-0.3, -0.25) is 0 Å². The van der Waals surface area contributed by atoms with Gasteiger partial charge in [0.2, 0.25) is 0 Å². The van der Waals surface area contributed by atoms with Crippen LogP contribution in [0.25, 0.3) is 0 Å². The molecule has 1 aliphatic rings. The molecule has 0 atom stereocenters. The standard InChI is InChI=1S/C12H10BrN/c1-9-6-12(7-9,8-14)10-2-4-11(13)5-3-10/h2-5H,1,6-7H2. The van der Waals surface area contributed by atoms with Crippen molar-refractivity contribution in [3.8, 4) is 6.07 Å². The molecule has 2 rings (SSSR count).